The highest BCUT2D eigenvalue weighted by Gasteiger charge is 2.40. The standard InChI is InChI=1S/C15H11NO.C5H8O4S/c1-3-7-12(8-4-1)14-15(17-11-16-14)13-9-5-2-6-10-13;1-2-5(10,3(6)7)4(8)9/h1-11H;10H,2H2,1H3,(H,6,7)(H,8,9). The van der Waals surface area contributed by atoms with E-state index in [9.17, 15) is 9.59 Å². The van der Waals surface area contributed by atoms with Crippen molar-refractivity contribution in [3.63, 3.8) is 0 Å². The van der Waals surface area contributed by atoms with Crippen molar-refractivity contribution in [2.45, 2.75) is 18.1 Å². The number of oxazole rings is 1. The number of carboxylic acid groups (broad SMARTS) is 2. The molecular formula is C20H19NO5S. The van der Waals surface area contributed by atoms with Crippen LogP contribution in [0.3, 0.4) is 0 Å². The fourth-order valence-corrected chi connectivity index (χ4v) is 2.24. The van der Waals surface area contributed by atoms with Crippen molar-refractivity contribution in [1.82, 2.24) is 4.98 Å². The summed E-state index contributed by atoms with van der Waals surface area (Å²) in [6.07, 6.45) is 1.45. The normalized spacial score (nSPS) is 10.6. The van der Waals surface area contributed by atoms with E-state index < -0.39 is 16.7 Å². The second-order valence-corrected chi connectivity index (χ2v) is 6.35. The average molecular weight is 385 g/mol. The van der Waals surface area contributed by atoms with Crippen LogP contribution >= 0.6 is 12.6 Å². The first-order valence-corrected chi connectivity index (χ1v) is 8.58. The molecule has 2 aromatic carbocycles. The Kier molecular flexibility index (Phi) is 6.79. The van der Waals surface area contributed by atoms with E-state index in [1.165, 1.54) is 13.3 Å². The van der Waals surface area contributed by atoms with Crippen LogP contribution in [0.5, 0.6) is 0 Å². The summed E-state index contributed by atoms with van der Waals surface area (Å²) < 4.78 is 3.56. The molecule has 1 aromatic heterocycles. The predicted octanol–water partition coefficient (Wildman–Crippen LogP) is 4.24. The van der Waals surface area contributed by atoms with Gasteiger partial charge in [-0.2, -0.15) is 0 Å². The van der Waals surface area contributed by atoms with E-state index in [1.807, 2.05) is 60.7 Å². The molecule has 140 valence electrons. The fraction of sp³-hybridized carbons (Fsp3) is 0.150. The van der Waals surface area contributed by atoms with Crippen LogP contribution in [0.25, 0.3) is 22.6 Å². The van der Waals surface area contributed by atoms with Crippen molar-refractivity contribution in [2.24, 2.45) is 0 Å². The Bertz CT molecular complexity index is 825. The molecule has 27 heavy (non-hydrogen) atoms. The van der Waals surface area contributed by atoms with Gasteiger partial charge in [-0.1, -0.05) is 67.6 Å². The molecule has 6 nitrogen and oxygen atoms in total. The van der Waals surface area contributed by atoms with E-state index in [0.29, 0.717) is 0 Å². The average Bonchev–Trinajstić information content (AvgIpc) is 3.18. The molecule has 7 heteroatoms. The summed E-state index contributed by atoms with van der Waals surface area (Å²) in [5.41, 5.74) is 3.00. The van der Waals surface area contributed by atoms with Gasteiger partial charge in [0, 0.05) is 11.1 Å². The molecule has 2 N–H and O–H groups in total. The minimum atomic E-state index is -1.93. The summed E-state index contributed by atoms with van der Waals surface area (Å²) in [6.45, 7) is 1.45. The number of thiol groups is 1. The molecule has 0 spiro atoms. The Hall–Kier alpha value is -3.06. The molecule has 3 aromatic rings. The predicted molar refractivity (Wildman–Crippen MR) is 105 cm³/mol. The smallest absolute Gasteiger partial charge is 0.331 e. The molecule has 0 aliphatic carbocycles. The lowest BCUT2D eigenvalue weighted by atomic mass is 10.1. The van der Waals surface area contributed by atoms with Gasteiger partial charge in [-0.15, -0.1) is 12.6 Å². The minimum Gasteiger partial charge on any atom is -0.480 e. The second kappa shape index (κ2) is 9.05. The number of nitrogens with zero attached hydrogens (tertiary/aromatic N) is 1. The quantitative estimate of drug-likeness (QED) is 0.449. The third-order valence-electron chi connectivity index (χ3n) is 3.87. The lowest BCUT2D eigenvalue weighted by Gasteiger charge is -2.14. The Morgan fingerprint density at radius 3 is 1.85 bits per heavy atom. The number of carboxylic acids is 2. The Morgan fingerprint density at radius 1 is 0.963 bits per heavy atom. The van der Waals surface area contributed by atoms with Crippen LogP contribution in [-0.4, -0.2) is 31.9 Å². The van der Waals surface area contributed by atoms with Gasteiger partial charge in [-0.25, -0.2) is 4.98 Å². The monoisotopic (exact) mass is 385 g/mol. The van der Waals surface area contributed by atoms with Gasteiger partial charge in [0.15, 0.2) is 12.2 Å². The number of rotatable bonds is 5. The zero-order valence-corrected chi connectivity index (χ0v) is 15.5. The third kappa shape index (κ3) is 4.77. The maximum atomic E-state index is 10.2. The number of hydrogen-bond acceptors (Lipinski definition) is 5. The fourth-order valence-electron chi connectivity index (χ4n) is 2.24. The third-order valence-corrected chi connectivity index (χ3v) is 4.57. The Labute approximate surface area is 161 Å². The SMILES string of the molecule is CCC(S)(C(=O)O)C(=O)O.c1ccc(-c2ncoc2-c2ccccc2)cc1. The topological polar surface area (TPSA) is 101 Å². The summed E-state index contributed by atoms with van der Waals surface area (Å²) in [5, 5.41) is 16.7. The van der Waals surface area contributed by atoms with E-state index in [-0.39, 0.29) is 6.42 Å². The van der Waals surface area contributed by atoms with E-state index >= 15 is 0 Å². The zero-order chi connectivity index (χ0) is 19.9. The molecular weight excluding hydrogens is 366 g/mol. The highest BCUT2D eigenvalue weighted by Crippen LogP contribution is 2.30. The van der Waals surface area contributed by atoms with Crippen molar-refractivity contribution in [3.05, 3.63) is 67.1 Å². The summed E-state index contributed by atoms with van der Waals surface area (Å²) in [7, 11) is 0. The van der Waals surface area contributed by atoms with Gasteiger partial charge in [0.05, 0.1) is 0 Å². The van der Waals surface area contributed by atoms with Crippen LogP contribution in [0.4, 0.5) is 0 Å². The lowest BCUT2D eigenvalue weighted by molar-refractivity contribution is -0.151. The molecule has 0 saturated heterocycles. The molecule has 1 heterocycles. The molecule has 0 bridgehead atoms. The van der Waals surface area contributed by atoms with Crippen molar-refractivity contribution >= 4 is 24.6 Å². The van der Waals surface area contributed by atoms with E-state index in [0.717, 1.165) is 22.6 Å². The van der Waals surface area contributed by atoms with Gasteiger partial charge >= 0.3 is 11.9 Å². The van der Waals surface area contributed by atoms with Gasteiger partial charge in [0.25, 0.3) is 0 Å². The lowest BCUT2D eigenvalue weighted by Crippen LogP contribution is -2.40. The molecule has 0 amide bonds. The van der Waals surface area contributed by atoms with Crippen molar-refractivity contribution in [1.29, 1.82) is 0 Å². The maximum Gasteiger partial charge on any atom is 0.331 e. The van der Waals surface area contributed by atoms with Gasteiger partial charge in [0.1, 0.15) is 5.69 Å². The molecule has 0 aliphatic rings. The molecule has 0 aliphatic heterocycles. The van der Waals surface area contributed by atoms with Crippen LogP contribution in [0.15, 0.2) is 71.5 Å². The first-order valence-electron chi connectivity index (χ1n) is 8.13. The molecule has 0 unspecified atom stereocenters. The van der Waals surface area contributed by atoms with Crippen molar-refractivity contribution < 1.29 is 24.2 Å². The minimum absolute atomic E-state index is 0.0409. The number of carbonyl (C=O) groups is 2. The van der Waals surface area contributed by atoms with E-state index in [4.69, 9.17) is 14.6 Å². The summed E-state index contributed by atoms with van der Waals surface area (Å²) >= 11 is 3.51. The molecule has 0 fully saturated rings. The maximum absolute atomic E-state index is 10.2. The zero-order valence-electron chi connectivity index (χ0n) is 14.6. The highest BCUT2D eigenvalue weighted by atomic mass is 32.1. The van der Waals surface area contributed by atoms with Crippen LogP contribution in [0.1, 0.15) is 13.3 Å². The summed E-state index contributed by atoms with van der Waals surface area (Å²) in [5.74, 6) is -2.03. The summed E-state index contributed by atoms with van der Waals surface area (Å²) in [6, 6.07) is 20.1. The second-order valence-electron chi connectivity index (χ2n) is 5.59. The Balaban J connectivity index is 0.000000227. The van der Waals surface area contributed by atoms with Crippen molar-refractivity contribution in [3.8, 4) is 22.6 Å². The first-order chi connectivity index (χ1) is 12.9. The summed E-state index contributed by atoms with van der Waals surface area (Å²) in [4.78, 5) is 24.8. The number of aromatic nitrogens is 1. The van der Waals surface area contributed by atoms with Crippen LogP contribution in [0, 0.1) is 0 Å². The number of hydrogen-bond donors (Lipinski definition) is 3. The van der Waals surface area contributed by atoms with E-state index in [2.05, 4.69) is 17.6 Å². The molecule has 0 saturated carbocycles. The number of benzene rings is 2. The van der Waals surface area contributed by atoms with E-state index in [1.54, 1.807) is 0 Å². The number of aliphatic carboxylic acids is 2. The van der Waals surface area contributed by atoms with Gasteiger partial charge in [-0.3, -0.25) is 9.59 Å². The van der Waals surface area contributed by atoms with Crippen molar-refractivity contribution in [2.75, 3.05) is 0 Å². The van der Waals surface area contributed by atoms with Gasteiger partial charge in [-0.05, 0) is 6.42 Å². The van der Waals surface area contributed by atoms with Crippen LogP contribution in [-0.2, 0) is 9.59 Å². The van der Waals surface area contributed by atoms with Gasteiger partial charge < -0.3 is 14.6 Å². The Morgan fingerprint density at radius 2 is 1.44 bits per heavy atom. The molecule has 3 rings (SSSR count). The molecule has 0 atom stereocenters. The first kappa shape index (κ1) is 20.3. The largest absolute Gasteiger partial charge is 0.480 e. The van der Waals surface area contributed by atoms with Gasteiger partial charge in [0.2, 0.25) is 4.75 Å². The molecule has 0 radical (unpaired) electrons. The highest BCUT2D eigenvalue weighted by molar-refractivity contribution is 7.83. The van der Waals surface area contributed by atoms with Crippen LogP contribution < -0.4 is 0 Å². The van der Waals surface area contributed by atoms with Crippen LogP contribution in [0.2, 0.25) is 0 Å².